The number of ether oxygens (including phenoxy) is 1. The van der Waals surface area contributed by atoms with Gasteiger partial charge in [0, 0.05) is 43.4 Å². The van der Waals surface area contributed by atoms with Crippen LogP contribution in [0.15, 0.2) is 48.7 Å². The van der Waals surface area contributed by atoms with Crippen LogP contribution in [0, 0.1) is 18.3 Å². The zero-order chi connectivity index (χ0) is 18.9. The number of nitrogens with zero attached hydrogens (tertiary/aromatic N) is 2. The average molecular weight is 365 g/mol. The molecule has 2 atom stereocenters. The van der Waals surface area contributed by atoms with Crippen molar-refractivity contribution in [2.45, 2.75) is 13.3 Å². The van der Waals surface area contributed by atoms with Crippen LogP contribution >= 0.6 is 0 Å². The molecule has 2 saturated heterocycles. The van der Waals surface area contributed by atoms with Gasteiger partial charge in [0.05, 0.1) is 12.0 Å². The normalized spacial score (nSPS) is 24.3. The van der Waals surface area contributed by atoms with Crippen LogP contribution in [0.3, 0.4) is 0 Å². The molecule has 2 amide bonds. The summed E-state index contributed by atoms with van der Waals surface area (Å²) >= 11 is 0. The minimum atomic E-state index is -0.576. The monoisotopic (exact) mass is 365 g/mol. The van der Waals surface area contributed by atoms with Gasteiger partial charge in [-0.2, -0.15) is 0 Å². The summed E-state index contributed by atoms with van der Waals surface area (Å²) in [7, 11) is 0. The number of hydrogen-bond acceptors (Lipinski definition) is 4. The molecule has 1 aromatic heterocycles. The van der Waals surface area contributed by atoms with Crippen molar-refractivity contribution in [2.24, 2.45) is 11.3 Å². The number of aromatic nitrogens is 1. The topological polar surface area (TPSA) is 71.5 Å². The lowest BCUT2D eigenvalue weighted by Crippen LogP contribution is -2.41. The minimum absolute atomic E-state index is 0.00549. The first-order valence-electron chi connectivity index (χ1n) is 9.27. The van der Waals surface area contributed by atoms with Gasteiger partial charge >= 0.3 is 0 Å². The van der Waals surface area contributed by atoms with Gasteiger partial charge in [-0.05, 0) is 31.0 Å². The lowest BCUT2D eigenvalue weighted by Gasteiger charge is -2.28. The zero-order valence-electron chi connectivity index (χ0n) is 15.4. The Hall–Kier alpha value is -2.89. The third kappa shape index (κ3) is 3.16. The molecule has 2 aliphatic heterocycles. The Kier molecular flexibility index (Phi) is 4.56. The molecule has 2 aliphatic rings. The highest BCUT2D eigenvalue weighted by molar-refractivity contribution is 5.97. The Morgan fingerprint density at radius 2 is 2.11 bits per heavy atom. The maximum atomic E-state index is 13.0. The summed E-state index contributed by atoms with van der Waals surface area (Å²) in [6, 6.07) is 13.1. The predicted octanol–water partition coefficient (Wildman–Crippen LogP) is 2.05. The Balaban J connectivity index is 1.49. The van der Waals surface area contributed by atoms with Crippen molar-refractivity contribution in [3.63, 3.8) is 0 Å². The van der Waals surface area contributed by atoms with Gasteiger partial charge in [-0.1, -0.05) is 24.3 Å². The number of aryl methyl sites for hydroxylation is 1. The lowest BCUT2D eigenvalue weighted by atomic mass is 9.77. The number of pyridine rings is 1. The highest BCUT2D eigenvalue weighted by atomic mass is 16.5. The second-order valence-electron chi connectivity index (χ2n) is 7.33. The van der Waals surface area contributed by atoms with Gasteiger partial charge in [-0.15, -0.1) is 0 Å². The van der Waals surface area contributed by atoms with E-state index in [1.54, 1.807) is 17.2 Å². The average Bonchev–Trinajstić information content (AvgIpc) is 3.27. The van der Waals surface area contributed by atoms with E-state index in [-0.39, 0.29) is 17.7 Å². The Morgan fingerprint density at radius 1 is 1.30 bits per heavy atom. The maximum Gasteiger partial charge on any atom is 0.254 e. The summed E-state index contributed by atoms with van der Waals surface area (Å²) in [5.41, 5.74) is 1.08. The van der Waals surface area contributed by atoms with Crippen molar-refractivity contribution in [1.29, 1.82) is 0 Å². The van der Waals surface area contributed by atoms with Crippen LogP contribution in [0.2, 0.25) is 0 Å². The van der Waals surface area contributed by atoms with Crippen molar-refractivity contribution in [3.8, 4) is 5.88 Å². The molecule has 0 saturated carbocycles. The van der Waals surface area contributed by atoms with E-state index in [1.165, 1.54) is 0 Å². The van der Waals surface area contributed by atoms with Crippen molar-refractivity contribution in [2.75, 3.05) is 26.2 Å². The Bertz CT molecular complexity index is 855. The SMILES string of the molecule is Cc1ccccc1C(=O)N1CC[C@]2(C1)C(=O)NC[C@@H]2COc1ccccn1. The third-order valence-corrected chi connectivity index (χ3v) is 5.78. The molecule has 3 heterocycles. The maximum absolute atomic E-state index is 13.0. The number of carbonyl (C=O) groups excluding carboxylic acids is 2. The zero-order valence-corrected chi connectivity index (χ0v) is 15.4. The lowest BCUT2D eigenvalue weighted by molar-refractivity contribution is -0.128. The van der Waals surface area contributed by atoms with E-state index in [1.807, 2.05) is 43.3 Å². The smallest absolute Gasteiger partial charge is 0.254 e. The molecule has 0 radical (unpaired) electrons. The second-order valence-corrected chi connectivity index (χ2v) is 7.33. The highest BCUT2D eigenvalue weighted by Gasteiger charge is 2.55. The molecule has 4 rings (SSSR count). The number of rotatable bonds is 4. The standard InChI is InChI=1S/C21H23N3O3/c1-15-6-2-3-7-17(15)19(25)24-11-9-21(14-24)16(12-23-20(21)26)13-27-18-8-4-5-10-22-18/h2-8,10,16H,9,11-14H2,1H3,(H,23,26)/t16-,21-/m1/s1. The van der Waals surface area contributed by atoms with Crippen LogP contribution in [0.25, 0.3) is 0 Å². The molecule has 2 aromatic rings. The fourth-order valence-corrected chi connectivity index (χ4v) is 4.12. The Morgan fingerprint density at radius 3 is 2.89 bits per heavy atom. The molecule has 6 nitrogen and oxygen atoms in total. The van der Waals surface area contributed by atoms with Gasteiger partial charge in [0.25, 0.3) is 5.91 Å². The van der Waals surface area contributed by atoms with E-state index in [9.17, 15) is 9.59 Å². The van der Waals surface area contributed by atoms with E-state index in [4.69, 9.17) is 4.74 Å². The van der Waals surface area contributed by atoms with Crippen molar-refractivity contribution >= 4 is 11.8 Å². The molecule has 2 fully saturated rings. The van der Waals surface area contributed by atoms with Crippen LogP contribution in [0.4, 0.5) is 0 Å². The van der Waals surface area contributed by atoms with Gasteiger partial charge in [-0.3, -0.25) is 9.59 Å². The van der Waals surface area contributed by atoms with Crippen LogP contribution < -0.4 is 10.1 Å². The summed E-state index contributed by atoms with van der Waals surface area (Å²) < 4.78 is 5.82. The van der Waals surface area contributed by atoms with Gasteiger partial charge in [0.1, 0.15) is 0 Å². The van der Waals surface area contributed by atoms with Crippen LogP contribution in [0.5, 0.6) is 5.88 Å². The van der Waals surface area contributed by atoms with Crippen molar-refractivity contribution < 1.29 is 14.3 Å². The molecular formula is C21H23N3O3. The summed E-state index contributed by atoms with van der Waals surface area (Å²) in [6.45, 7) is 3.92. The number of likely N-dealkylation sites (tertiary alicyclic amines) is 1. The van der Waals surface area contributed by atoms with Crippen molar-refractivity contribution in [1.82, 2.24) is 15.2 Å². The summed E-state index contributed by atoms with van der Waals surface area (Å²) in [4.78, 5) is 31.6. The molecule has 1 aromatic carbocycles. The number of hydrogen-bond donors (Lipinski definition) is 1. The van der Waals surface area contributed by atoms with E-state index < -0.39 is 5.41 Å². The third-order valence-electron chi connectivity index (χ3n) is 5.78. The number of amides is 2. The highest BCUT2D eigenvalue weighted by Crippen LogP contribution is 2.42. The molecule has 1 N–H and O–H groups in total. The van der Waals surface area contributed by atoms with Gasteiger partial charge in [0.2, 0.25) is 11.8 Å². The Labute approximate surface area is 158 Å². The first kappa shape index (κ1) is 17.5. The van der Waals surface area contributed by atoms with E-state index in [0.29, 0.717) is 44.1 Å². The molecule has 6 heteroatoms. The summed E-state index contributed by atoms with van der Waals surface area (Å²) in [5, 5.41) is 2.97. The van der Waals surface area contributed by atoms with Gasteiger partial charge in [0.15, 0.2) is 0 Å². The number of nitrogens with one attached hydrogen (secondary N) is 1. The molecule has 0 bridgehead atoms. The molecule has 0 aliphatic carbocycles. The fourth-order valence-electron chi connectivity index (χ4n) is 4.12. The number of carbonyl (C=O) groups is 2. The quantitative estimate of drug-likeness (QED) is 0.900. The van der Waals surface area contributed by atoms with E-state index >= 15 is 0 Å². The molecule has 27 heavy (non-hydrogen) atoms. The minimum Gasteiger partial charge on any atom is -0.477 e. The fraction of sp³-hybridized carbons (Fsp3) is 0.381. The largest absolute Gasteiger partial charge is 0.477 e. The van der Waals surface area contributed by atoms with Crippen LogP contribution in [-0.4, -0.2) is 47.9 Å². The molecule has 1 spiro atoms. The van der Waals surface area contributed by atoms with E-state index in [2.05, 4.69) is 10.3 Å². The van der Waals surface area contributed by atoms with Gasteiger partial charge < -0.3 is 15.0 Å². The van der Waals surface area contributed by atoms with E-state index in [0.717, 1.165) is 5.56 Å². The first-order valence-corrected chi connectivity index (χ1v) is 9.27. The molecular weight excluding hydrogens is 342 g/mol. The first-order chi connectivity index (χ1) is 13.1. The van der Waals surface area contributed by atoms with Crippen LogP contribution in [0.1, 0.15) is 22.3 Å². The predicted molar refractivity (Wildman–Crippen MR) is 100 cm³/mol. The van der Waals surface area contributed by atoms with Gasteiger partial charge in [-0.25, -0.2) is 4.98 Å². The van der Waals surface area contributed by atoms with Crippen LogP contribution in [-0.2, 0) is 4.79 Å². The number of benzene rings is 1. The summed E-state index contributed by atoms with van der Waals surface area (Å²) in [6.07, 6.45) is 2.34. The molecule has 140 valence electrons. The second kappa shape index (κ2) is 7.02. The molecule has 0 unspecified atom stereocenters. The van der Waals surface area contributed by atoms with Crippen molar-refractivity contribution in [3.05, 3.63) is 59.8 Å². The summed E-state index contributed by atoms with van der Waals surface area (Å²) in [5.74, 6) is 0.589.